The molecule has 1 aliphatic heterocycles. The number of hydrogen-bond acceptors (Lipinski definition) is 3. The minimum atomic E-state index is -0.863. The molecule has 16 heavy (non-hydrogen) atoms. The maximum Gasteiger partial charge on any atom is 0.317 e. The topological polar surface area (TPSA) is 89.9 Å². The van der Waals surface area contributed by atoms with E-state index in [1.54, 1.807) is 11.8 Å². The molecule has 6 nitrogen and oxygen atoms in total. The average Bonchev–Trinajstić information content (AvgIpc) is 2.53. The number of carboxylic acids is 1. The number of carbonyl (C=O) groups excluding carboxylic acids is 1. The maximum atomic E-state index is 11.5. The molecule has 3 N–H and O–H groups in total. The highest BCUT2D eigenvalue weighted by Crippen LogP contribution is 2.19. The predicted molar refractivity (Wildman–Crippen MR) is 57.1 cm³/mol. The summed E-state index contributed by atoms with van der Waals surface area (Å²) in [5, 5.41) is 20.7. The zero-order valence-corrected chi connectivity index (χ0v) is 9.40. The fourth-order valence-electron chi connectivity index (χ4n) is 1.67. The molecule has 0 spiro atoms. The van der Waals surface area contributed by atoms with Crippen molar-refractivity contribution < 1.29 is 19.8 Å². The number of hydrogen-bond donors (Lipinski definition) is 3. The summed E-state index contributed by atoms with van der Waals surface area (Å²) < 4.78 is 0. The molecule has 0 aromatic rings. The number of aliphatic hydroxyl groups is 1. The molecule has 2 amide bonds. The van der Waals surface area contributed by atoms with Gasteiger partial charge in [0.2, 0.25) is 0 Å². The van der Waals surface area contributed by atoms with Crippen LogP contribution in [-0.4, -0.2) is 52.3 Å². The van der Waals surface area contributed by atoms with Crippen molar-refractivity contribution in [2.24, 2.45) is 0 Å². The molecule has 0 bridgehead atoms. The second kappa shape index (κ2) is 5.16. The van der Waals surface area contributed by atoms with Crippen LogP contribution >= 0.6 is 0 Å². The summed E-state index contributed by atoms with van der Waals surface area (Å²) in [6.07, 6.45) is 1.05. The van der Waals surface area contributed by atoms with Gasteiger partial charge in [-0.1, -0.05) is 0 Å². The normalized spacial score (nSPS) is 24.5. The van der Waals surface area contributed by atoms with Crippen LogP contribution in [0.4, 0.5) is 4.79 Å². The summed E-state index contributed by atoms with van der Waals surface area (Å²) in [5.74, 6) is -0.863. The Morgan fingerprint density at radius 3 is 2.69 bits per heavy atom. The number of urea groups is 1. The minimum Gasteiger partial charge on any atom is -0.481 e. The third-order valence-corrected chi connectivity index (χ3v) is 2.58. The highest BCUT2D eigenvalue weighted by molar-refractivity contribution is 5.74. The Kier molecular flexibility index (Phi) is 4.12. The van der Waals surface area contributed by atoms with Crippen molar-refractivity contribution in [3.05, 3.63) is 0 Å². The van der Waals surface area contributed by atoms with E-state index in [9.17, 15) is 14.7 Å². The van der Waals surface area contributed by atoms with Crippen LogP contribution in [0.1, 0.15) is 26.2 Å². The van der Waals surface area contributed by atoms with Gasteiger partial charge in [0.15, 0.2) is 0 Å². The monoisotopic (exact) mass is 230 g/mol. The Labute approximate surface area is 94.2 Å². The Morgan fingerprint density at radius 2 is 2.19 bits per heavy atom. The molecule has 92 valence electrons. The van der Waals surface area contributed by atoms with E-state index in [2.05, 4.69) is 5.32 Å². The van der Waals surface area contributed by atoms with E-state index in [-0.39, 0.29) is 12.5 Å². The smallest absolute Gasteiger partial charge is 0.317 e. The summed E-state index contributed by atoms with van der Waals surface area (Å²) in [6.45, 7) is 2.92. The lowest BCUT2D eigenvalue weighted by molar-refractivity contribution is -0.137. The van der Waals surface area contributed by atoms with Crippen molar-refractivity contribution in [1.82, 2.24) is 10.2 Å². The number of aliphatic carboxylic acids is 1. The first kappa shape index (κ1) is 12.8. The lowest BCUT2D eigenvalue weighted by atomic mass is 10.1. The molecule has 1 heterocycles. The van der Waals surface area contributed by atoms with Gasteiger partial charge >= 0.3 is 12.0 Å². The van der Waals surface area contributed by atoms with Crippen LogP contribution in [0, 0.1) is 0 Å². The molecule has 0 aliphatic carbocycles. The van der Waals surface area contributed by atoms with Crippen molar-refractivity contribution in [2.75, 3.05) is 19.6 Å². The van der Waals surface area contributed by atoms with E-state index in [0.717, 1.165) is 0 Å². The number of nitrogens with zero attached hydrogens (tertiary/aromatic N) is 1. The van der Waals surface area contributed by atoms with Gasteiger partial charge in [-0.05, 0) is 19.8 Å². The minimum absolute atomic E-state index is 0.0536. The molecule has 0 saturated carbocycles. The Bertz CT molecular complexity index is 278. The number of likely N-dealkylation sites (tertiary alicyclic amines) is 1. The van der Waals surface area contributed by atoms with E-state index < -0.39 is 11.6 Å². The van der Waals surface area contributed by atoms with E-state index >= 15 is 0 Å². The summed E-state index contributed by atoms with van der Waals surface area (Å²) in [6, 6.07) is -0.233. The molecule has 1 fully saturated rings. The number of β-amino-alcohol motifs (C(OH)–C–C–N with tert-alkyl or cyclic N) is 1. The summed E-state index contributed by atoms with van der Waals surface area (Å²) >= 11 is 0. The van der Waals surface area contributed by atoms with Crippen LogP contribution in [0.3, 0.4) is 0 Å². The standard InChI is InChI=1S/C10H18N2O4/c1-10(16)4-6-12(7-10)9(15)11-5-2-3-8(13)14/h16H,2-7H2,1H3,(H,11,15)(H,13,14). The Balaban J connectivity index is 2.19. The summed E-state index contributed by atoms with van der Waals surface area (Å²) in [7, 11) is 0. The maximum absolute atomic E-state index is 11.5. The van der Waals surface area contributed by atoms with Gasteiger partial charge in [-0.25, -0.2) is 4.79 Å². The van der Waals surface area contributed by atoms with Crippen molar-refractivity contribution >= 4 is 12.0 Å². The van der Waals surface area contributed by atoms with Gasteiger partial charge in [0.05, 0.1) is 12.1 Å². The number of rotatable bonds is 4. The number of nitrogens with one attached hydrogen (secondary N) is 1. The highest BCUT2D eigenvalue weighted by atomic mass is 16.4. The number of amides is 2. The SMILES string of the molecule is CC1(O)CCN(C(=O)NCCCC(=O)O)C1. The van der Waals surface area contributed by atoms with Crippen molar-refractivity contribution in [3.63, 3.8) is 0 Å². The van der Waals surface area contributed by atoms with Crippen LogP contribution in [0.5, 0.6) is 0 Å². The van der Waals surface area contributed by atoms with Crippen LogP contribution in [0.15, 0.2) is 0 Å². The second-order valence-electron chi connectivity index (χ2n) is 4.40. The first-order chi connectivity index (χ1) is 7.41. The second-order valence-corrected chi connectivity index (χ2v) is 4.40. The van der Waals surface area contributed by atoms with E-state index in [1.165, 1.54) is 0 Å². The van der Waals surface area contributed by atoms with Crippen LogP contribution < -0.4 is 5.32 Å². The molecular weight excluding hydrogens is 212 g/mol. The van der Waals surface area contributed by atoms with E-state index in [1.807, 2.05) is 0 Å². The molecule has 1 rings (SSSR count). The van der Waals surface area contributed by atoms with E-state index in [0.29, 0.717) is 32.5 Å². The van der Waals surface area contributed by atoms with Crippen molar-refractivity contribution in [2.45, 2.75) is 31.8 Å². The molecule has 6 heteroatoms. The van der Waals surface area contributed by atoms with Crippen molar-refractivity contribution in [1.29, 1.82) is 0 Å². The molecule has 1 aliphatic rings. The van der Waals surface area contributed by atoms with Gasteiger partial charge in [0.25, 0.3) is 0 Å². The third kappa shape index (κ3) is 4.06. The van der Waals surface area contributed by atoms with Gasteiger partial charge in [-0.2, -0.15) is 0 Å². The Morgan fingerprint density at radius 1 is 1.50 bits per heavy atom. The number of carboxylic acid groups (broad SMARTS) is 1. The quantitative estimate of drug-likeness (QED) is 0.594. The fraction of sp³-hybridized carbons (Fsp3) is 0.800. The largest absolute Gasteiger partial charge is 0.481 e. The lowest BCUT2D eigenvalue weighted by Gasteiger charge is -2.19. The van der Waals surface area contributed by atoms with Gasteiger partial charge in [-0.15, -0.1) is 0 Å². The van der Waals surface area contributed by atoms with Crippen LogP contribution in [-0.2, 0) is 4.79 Å². The molecule has 1 atom stereocenters. The molecule has 0 radical (unpaired) electrons. The molecular formula is C10H18N2O4. The highest BCUT2D eigenvalue weighted by Gasteiger charge is 2.33. The molecule has 0 aromatic carbocycles. The van der Waals surface area contributed by atoms with Gasteiger partial charge in [0, 0.05) is 19.5 Å². The predicted octanol–water partition coefficient (Wildman–Crippen LogP) is 0.0175. The van der Waals surface area contributed by atoms with E-state index in [4.69, 9.17) is 5.11 Å². The summed E-state index contributed by atoms with van der Waals surface area (Å²) in [5.41, 5.74) is -0.793. The molecule has 0 aromatic heterocycles. The summed E-state index contributed by atoms with van der Waals surface area (Å²) in [4.78, 5) is 23.3. The first-order valence-corrected chi connectivity index (χ1v) is 5.38. The zero-order valence-electron chi connectivity index (χ0n) is 9.40. The number of carbonyl (C=O) groups is 2. The van der Waals surface area contributed by atoms with Crippen LogP contribution in [0.25, 0.3) is 0 Å². The molecule has 1 unspecified atom stereocenters. The fourth-order valence-corrected chi connectivity index (χ4v) is 1.67. The van der Waals surface area contributed by atoms with Crippen molar-refractivity contribution in [3.8, 4) is 0 Å². The Hall–Kier alpha value is -1.30. The van der Waals surface area contributed by atoms with Gasteiger partial charge < -0.3 is 20.4 Å². The zero-order chi connectivity index (χ0) is 12.2. The lowest BCUT2D eigenvalue weighted by Crippen LogP contribution is -2.41. The van der Waals surface area contributed by atoms with Gasteiger partial charge in [-0.3, -0.25) is 4.79 Å². The average molecular weight is 230 g/mol. The van der Waals surface area contributed by atoms with Crippen LogP contribution in [0.2, 0.25) is 0 Å². The first-order valence-electron chi connectivity index (χ1n) is 5.38. The molecule has 1 saturated heterocycles. The van der Waals surface area contributed by atoms with Gasteiger partial charge in [0.1, 0.15) is 0 Å². The third-order valence-electron chi connectivity index (χ3n) is 2.58.